The molecule has 4 heteroatoms. The molecule has 2 nitrogen and oxygen atoms in total. The number of hydrogen-bond acceptors (Lipinski definition) is 2. The van der Waals surface area contributed by atoms with Crippen molar-refractivity contribution in [2.75, 3.05) is 6.54 Å². The third-order valence-electron chi connectivity index (χ3n) is 3.02. The van der Waals surface area contributed by atoms with Crippen LogP contribution in [0.25, 0.3) is 0 Å². The Bertz CT molecular complexity index is 410. The lowest BCUT2D eigenvalue weighted by Crippen LogP contribution is -2.35. The Labute approximate surface area is 112 Å². The topological polar surface area (TPSA) is 38.0 Å². The van der Waals surface area contributed by atoms with Gasteiger partial charge < -0.3 is 11.1 Å². The van der Waals surface area contributed by atoms with Gasteiger partial charge in [-0.15, -0.1) is 0 Å². The first-order valence-corrected chi connectivity index (χ1v) is 6.52. The third-order valence-corrected chi connectivity index (χ3v) is 3.58. The molecule has 0 amide bonds. The smallest absolute Gasteiger partial charge is 0.0469 e. The van der Waals surface area contributed by atoms with Crippen LogP contribution in [0.1, 0.15) is 24.4 Å². The molecule has 0 saturated carbocycles. The van der Waals surface area contributed by atoms with Gasteiger partial charge >= 0.3 is 0 Å². The van der Waals surface area contributed by atoms with Crippen LogP contribution in [0.15, 0.2) is 30.4 Å². The molecule has 0 aliphatic heterocycles. The zero-order valence-corrected chi connectivity index (χ0v) is 11.0. The second kappa shape index (κ2) is 5.87. The summed E-state index contributed by atoms with van der Waals surface area (Å²) < 4.78 is 0. The molecule has 1 aromatic carbocycles. The number of nitrogens with one attached hydrogen (secondary N) is 1. The van der Waals surface area contributed by atoms with Crippen LogP contribution in [0.2, 0.25) is 10.0 Å². The van der Waals surface area contributed by atoms with E-state index in [2.05, 4.69) is 17.5 Å². The lowest BCUT2D eigenvalue weighted by Gasteiger charge is -2.23. The maximum atomic E-state index is 6.19. The fraction of sp³-hybridized carbons (Fsp3) is 0.385. The van der Waals surface area contributed by atoms with Crippen molar-refractivity contribution in [3.63, 3.8) is 0 Å². The molecule has 1 aliphatic rings. The fourth-order valence-electron chi connectivity index (χ4n) is 2.11. The molecule has 1 aliphatic carbocycles. The van der Waals surface area contributed by atoms with Crippen LogP contribution in [0.3, 0.4) is 0 Å². The van der Waals surface area contributed by atoms with Gasteiger partial charge in [0, 0.05) is 28.7 Å². The summed E-state index contributed by atoms with van der Waals surface area (Å²) in [4.78, 5) is 0. The van der Waals surface area contributed by atoms with Crippen molar-refractivity contribution in [2.24, 2.45) is 5.73 Å². The Kier molecular flexibility index (Phi) is 4.46. The summed E-state index contributed by atoms with van der Waals surface area (Å²) in [5.41, 5.74) is 6.83. The summed E-state index contributed by atoms with van der Waals surface area (Å²) >= 11 is 12.1. The molecule has 3 N–H and O–H groups in total. The highest BCUT2D eigenvalue weighted by Crippen LogP contribution is 2.27. The predicted molar refractivity (Wildman–Crippen MR) is 73.6 cm³/mol. The highest BCUT2D eigenvalue weighted by molar-refractivity contribution is 6.35. The maximum Gasteiger partial charge on any atom is 0.0469 e. The second-order valence-corrected chi connectivity index (χ2v) is 5.10. The Morgan fingerprint density at radius 1 is 1.29 bits per heavy atom. The molecule has 2 rings (SSSR count). The SMILES string of the molecule is NCC(NC1CC=CC1)c1ccc(Cl)cc1Cl. The molecule has 92 valence electrons. The van der Waals surface area contributed by atoms with E-state index in [9.17, 15) is 0 Å². The fourth-order valence-corrected chi connectivity index (χ4v) is 2.65. The van der Waals surface area contributed by atoms with Gasteiger partial charge in [-0.1, -0.05) is 41.4 Å². The molecule has 0 radical (unpaired) electrons. The Morgan fingerprint density at radius 2 is 2.00 bits per heavy atom. The number of hydrogen-bond donors (Lipinski definition) is 2. The van der Waals surface area contributed by atoms with E-state index in [1.54, 1.807) is 6.07 Å². The van der Waals surface area contributed by atoms with Gasteiger partial charge in [0.05, 0.1) is 0 Å². The maximum absolute atomic E-state index is 6.19. The van der Waals surface area contributed by atoms with E-state index in [0.29, 0.717) is 22.6 Å². The molecule has 1 unspecified atom stereocenters. The van der Waals surface area contributed by atoms with Gasteiger partial charge in [-0.3, -0.25) is 0 Å². The van der Waals surface area contributed by atoms with Crippen LogP contribution in [-0.4, -0.2) is 12.6 Å². The van der Waals surface area contributed by atoms with Crippen LogP contribution in [0.5, 0.6) is 0 Å². The van der Waals surface area contributed by atoms with Gasteiger partial charge in [0.15, 0.2) is 0 Å². The first-order chi connectivity index (χ1) is 8.20. The summed E-state index contributed by atoms with van der Waals surface area (Å²) in [7, 11) is 0. The van der Waals surface area contributed by atoms with E-state index in [4.69, 9.17) is 28.9 Å². The lowest BCUT2D eigenvalue weighted by molar-refractivity contribution is 0.453. The van der Waals surface area contributed by atoms with Gasteiger partial charge in [0.2, 0.25) is 0 Å². The van der Waals surface area contributed by atoms with Crippen molar-refractivity contribution in [1.29, 1.82) is 0 Å². The molecular formula is C13H16Cl2N2. The van der Waals surface area contributed by atoms with Gasteiger partial charge in [0.1, 0.15) is 0 Å². The number of rotatable bonds is 4. The molecule has 1 aromatic rings. The lowest BCUT2D eigenvalue weighted by atomic mass is 10.1. The van der Waals surface area contributed by atoms with E-state index in [-0.39, 0.29) is 6.04 Å². The normalized spacial score (nSPS) is 17.6. The van der Waals surface area contributed by atoms with Gasteiger partial charge in [-0.25, -0.2) is 0 Å². The van der Waals surface area contributed by atoms with Crippen LogP contribution in [-0.2, 0) is 0 Å². The van der Waals surface area contributed by atoms with E-state index in [1.165, 1.54) is 0 Å². The van der Waals surface area contributed by atoms with E-state index < -0.39 is 0 Å². The molecule has 0 fully saturated rings. The van der Waals surface area contributed by atoms with Crippen molar-refractivity contribution in [3.8, 4) is 0 Å². The van der Waals surface area contributed by atoms with Crippen molar-refractivity contribution in [3.05, 3.63) is 46.0 Å². The average Bonchev–Trinajstić information content (AvgIpc) is 2.79. The van der Waals surface area contributed by atoms with Crippen molar-refractivity contribution < 1.29 is 0 Å². The Balaban J connectivity index is 2.11. The number of benzene rings is 1. The number of halogens is 2. The predicted octanol–water partition coefficient (Wildman–Crippen LogP) is 3.30. The zero-order chi connectivity index (χ0) is 12.3. The second-order valence-electron chi connectivity index (χ2n) is 4.26. The zero-order valence-electron chi connectivity index (χ0n) is 9.50. The van der Waals surface area contributed by atoms with Crippen LogP contribution >= 0.6 is 23.2 Å². The minimum atomic E-state index is 0.0877. The van der Waals surface area contributed by atoms with Crippen molar-refractivity contribution in [2.45, 2.75) is 24.9 Å². The van der Waals surface area contributed by atoms with Gasteiger partial charge in [-0.05, 0) is 30.5 Å². The standard InChI is InChI=1S/C13H16Cl2N2/c14-9-5-6-11(12(15)7-9)13(8-16)17-10-3-1-2-4-10/h1-2,5-7,10,13,17H,3-4,8,16H2. The van der Waals surface area contributed by atoms with E-state index >= 15 is 0 Å². The monoisotopic (exact) mass is 270 g/mol. The summed E-state index contributed by atoms with van der Waals surface area (Å²) in [6.45, 7) is 0.526. The van der Waals surface area contributed by atoms with Crippen LogP contribution in [0.4, 0.5) is 0 Å². The molecule has 17 heavy (non-hydrogen) atoms. The minimum absolute atomic E-state index is 0.0877. The number of nitrogens with two attached hydrogens (primary N) is 1. The van der Waals surface area contributed by atoms with E-state index in [1.807, 2.05) is 12.1 Å². The summed E-state index contributed by atoms with van der Waals surface area (Å²) in [6, 6.07) is 6.10. The highest BCUT2D eigenvalue weighted by atomic mass is 35.5. The average molecular weight is 271 g/mol. The molecule has 0 bridgehead atoms. The first-order valence-electron chi connectivity index (χ1n) is 5.76. The van der Waals surface area contributed by atoms with Gasteiger partial charge in [0.25, 0.3) is 0 Å². The van der Waals surface area contributed by atoms with Crippen molar-refractivity contribution >= 4 is 23.2 Å². The van der Waals surface area contributed by atoms with E-state index in [0.717, 1.165) is 18.4 Å². The highest BCUT2D eigenvalue weighted by Gasteiger charge is 2.18. The van der Waals surface area contributed by atoms with Crippen molar-refractivity contribution in [1.82, 2.24) is 5.32 Å². The van der Waals surface area contributed by atoms with Gasteiger partial charge in [-0.2, -0.15) is 0 Å². The Hall–Kier alpha value is -0.540. The first kappa shape index (κ1) is 12.9. The molecule has 0 spiro atoms. The quantitative estimate of drug-likeness (QED) is 0.824. The summed E-state index contributed by atoms with van der Waals surface area (Å²) in [5.74, 6) is 0. The molecule has 0 heterocycles. The molecule has 1 atom stereocenters. The van der Waals surface area contributed by atoms with Crippen LogP contribution in [0, 0.1) is 0 Å². The largest absolute Gasteiger partial charge is 0.329 e. The molecule has 0 aromatic heterocycles. The minimum Gasteiger partial charge on any atom is -0.329 e. The summed E-state index contributed by atoms with van der Waals surface area (Å²) in [6.07, 6.45) is 6.49. The molecule has 0 saturated heterocycles. The Morgan fingerprint density at radius 3 is 2.59 bits per heavy atom. The molecular weight excluding hydrogens is 255 g/mol. The summed E-state index contributed by atoms with van der Waals surface area (Å²) in [5, 5.41) is 4.85. The third kappa shape index (κ3) is 3.23. The van der Waals surface area contributed by atoms with Crippen LogP contribution < -0.4 is 11.1 Å².